The van der Waals surface area contributed by atoms with Crippen LogP contribution < -0.4 is 0 Å². The molecule has 0 radical (unpaired) electrons. The molecular weight excluding hydrogens is 164 g/mol. The smallest absolute Gasteiger partial charge is 0.133 e. The maximum absolute atomic E-state index is 11.4. The third-order valence-electron chi connectivity index (χ3n) is 2.51. The number of Topliss-reactive ketones (excluding diaryl/α,β-unsaturated/α-hetero) is 1. The first-order valence-corrected chi connectivity index (χ1v) is 5.14. The molecule has 0 N–H and O–H groups in total. The van der Waals surface area contributed by atoms with E-state index < -0.39 is 0 Å². The zero-order chi connectivity index (χ0) is 10.3. The molecule has 0 amide bonds. The molecule has 13 heavy (non-hydrogen) atoms. The van der Waals surface area contributed by atoms with Crippen LogP contribution in [0.2, 0.25) is 0 Å². The molecule has 2 atom stereocenters. The minimum Gasteiger partial charge on any atom is -0.382 e. The normalized spacial score (nSPS) is 15.4. The zero-order valence-corrected chi connectivity index (χ0v) is 9.30. The predicted molar refractivity (Wildman–Crippen MR) is 54.8 cm³/mol. The van der Waals surface area contributed by atoms with Crippen LogP contribution in [0.1, 0.15) is 46.5 Å². The monoisotopic (exact) mass is 186 g/mol. The summed E-state index contributed by atoms with van der Waals surface area (Å²) in [5, 5.41) is 0. The van der Waals surface area contributed by atoms with E-state index in [4.69, 9.17) is 4.74 Å². The van der Waals surface area contributed by atoms with Gasteiger partial charge in [0.1, 0.15) is 5.78 Å². The maximum Gasteiger partial charge on any atom is 0.133 e. The van der Waals surface area contributed by atoms with Crippen LogP contribution in [0.15, 0.2) is 0 Å². The SMILES string of the molecule is CCC(C)CC(=O)CCC(C)OC. The topological polar surface area (TPSA) is 26.3 Å². The Balaban J connectivity index is 3.51. The van der Waals surface area contributed by atoms with Crippen LogP contribution in [0.4, 0.5) is 0 Å². The second kappa shape index (κ2) is 7.07. The number of methoxy groups -OCH3 is 1. The van der Waals surface area contributed by atoms with Gasteiger partial charge in [-0.25, -0.2) is 0 Å². The van der Waals surface area contributed by atoms with Crippen LogP contribution in [0.25, 0.3) is 0 Å². The molecule has 0 aliphatic rings. The molecular formula is C11H22O2. The number of ether oxygens (including phenoxy) is 1. The highest BCUT2D eigenvalue weighted by Crippen LogP contribution is 2.10. The van der Waals surface area contributed by atoms with Gasteiger partial charge in [0.05, 0.1) is 6.10 Å². The van der Waals surface area contributed by atoms with Gasteiger partial charge in [0.2, 0.25) is 0 Å². The van der Waals surface area contributed by atoms with E-state index in [-0.39, 0.29) is 6.10 Å². The van der Waals surface area contributed by atoms with Gasteiger partial charge in [-0.1, -0.05) is 20.3 Å². The molecule has 0 aromatic heterocycles. The second-order valence-corrected chi connectivity index (χ2v) is 3.84. The van der Waals surface area contributed by atoms with Crippen molar-refractivity contribution in [2.24, 2.45) is 5.92 Å². The summed E-state index contributed by atoms with van der Waals surface area (Å²) in [6.45, 7) is 6.24. The average Bonchev–Trinajstić information content (AvgIpc) is 2.13. The summed E-state index contributed by atoms with van der Waals surface area (Å²) >= 11 is 0. The summed E-state index contributed by atoms with van der Waals surface area (Å²) in [6, 6.07) is 0. The molecule has 0 saturated carbocycles. The van der Waals surface area contributed by atoms with Crippen LogP contribution in [-0.2, 0) is 9.53 Å². The van der Waals surface area contributed by atoms with Crippen molar-refractivity contribution >= 4 is 5.78 Å². The Kier molecular flexibility index (Phi) is 6.87. The summed E-state index contributed by atoms with van der Waals surface area (Å²) in [7, 11) is 1.68. The molecule has 0 aromatic carbocycles. The van der Waals surface area contributed by atoms with Gasteiger partial charge in [0.15, 0.2) is 0 Å². The molecule has 0 aromatic rings. The number of rotatable bonds is 7. The molecule has 2 nitrogen and oxygen atoms in total. The molecule has 0 aliphatic carbocycles. The molecule has 0 rings (SSSR count). The number of carbonyl (C=O) groups is 1. The van der Waals surface area contributed by atoms with Gasteiger partial charge in [-0.3, -0.25) is 4.79 Å². The summed E-state index contributed by atoms with van der Waals surface area (Å²) in [4.78, 5) is 11.4. The van der Waals surface area contributed by atoms with Gasteiger partial charge in [0.25, 0.3) is 0 Å². The molecule has 2 heteroatoms. The van der Waals surface area contributed by atoms with Crippen molar-refractivity contribution in [1.29, 1.82) is 0 Å². The van der Waals surface area contributed by atoms with Crippen molar-refractivity contribution in [3.8, 4) is 0 Å². The van der Waals surface area contributed by atoms with Gasteiger partial charge >= 0.3 is 0 Å². The summed E-state index contributed by atoms with van der Waals surface area (Å²) in [5.74, 6) is 0.906. The van der Waals surface area contributed by atoms with Gasteiger partial charge in [-0.15, -0.1) is 0 Å². The largest absolute Gasteiger partial charge is 0.382 e. The zero-order valence-electron chi connectivity index (χ0n) is 9.30. The van der Waals surface area contributed by atoms with Crippen molar-refractivity contribution in [2.75, 3.05) is 7.11 Å². The Labute approximate surface area is 81.7 Å². The number of hydrogen-bond donors (Lipinski definition) is 0. The van der Waals surface area contributed by atoms with Crippen molar-refractivity contribution < 1.29 is 9.53 Å². The van der Waals surface area contributed by atoms with E-state index in [0.29, 0.717) is 18.1 Å². The fourth-order valence-corrected chi connectivity index (χ4v) is 1.12. The van der Waals surface area contributed by atoms with E-state index in [1.165, 1.54) is 0 Å². The molecule has 0 saturated heterocycles. The fourth-order valence-electron chi connectivity index (χ4n) is 1.12. The second-order valence-electron chi connectivity index (χ2n) is 3.84. The first kappa shape index (κ1) is 12.6. The lowest BCUT2D eigenvalue weighted by Crippen LogP contribution is -2.10. The van der Waals surface area contributed by atoms with Crippen molar-refractivity contribution in [1.82, 2.24) is 0 Å². The van der Waals surface area contributed by atoms with Gasteiger partial charge in [-0.2, -0.15) is 0 Å². The first-order chi connectivity index (χ1) is 6.10. The quantitative estimate of drug-likeness (QED) is 0.611. The van der Waals surface area contributed by atoms with Crippen molar-refractivity contribution in [3.63, 3.8) is 0 Å². The minimum absolute atomic E-state index is 0.209. The van der Waals surface area contributed by atoms with E-state index in [1.54, 1.807) is 7.11 Å². The standard InChI is InChI=1S/C11H22O2/c1-5-9(2)8-11(12)7-6-10(3)13-4/h9-10H,5-8H2,1-4H3. The molecule has 0 bridgehead atoms. The minimum atomic E-state index is 0.209. The van der Waals surface area contributed by atoms with Crippen LogP contribution >= 0.6 is 0 Å². The number of ketones is 1. The summed E-state index contributed by atoms with van der Waals surface area (Å²) < 4.78 is 5.08. The molecule has 0 fully saturated rings. The van der Waals surface area contributed by atoms with Crippen molar-refractivity contribution in [2.45, 2.75) is 52.6 Å². The fraction of sp³-hybridized carbons (Fsp3) is 0.909. The van der Waals surface area contributed by atoms with Crippen LogP contribution in [0, 0.1) is 5.92 Å². The van der Waals surface area contributed by atoms with E-state index in [9.17, 15) is 4.79 Å². The molecule has 2 unspecified atom stereocenters. The van der Waals surface area contributed by atoms with Crippen LogP contribution in [0.3, 0.4) is 0 Å². The molecule has 0 heterocycles. The first-order valence-electron chi connectivity index (χ1n) is 5.14. The van der Waals surface area contributed by atoms with Gasteiger partial charge in [-0.05, 0) is 19.3 Å². The average molecular weight is 186 g/mol. The Hall–Kier alpha value is -0.370. The molecule has 0 spiro atoms. The maximum atomic E-state index is 11.4. The molecule has 78 valence electrons. The summed E-state index contributed by atoms with van der Waals surface area (Å²) in [6.07, 6.45) is 3.55. The third-order valence-corrected chi connectivity index (χ3v) is 2.51. The summed E-state index contributed by atoms with van der Waals surface area (Å²) in [5.41, 5.74) is 0. The third kappa shape index (κ3) is 6.76. The predicted octanol–water partition coefficient (Wildman–Crippen LogP) is 2.81. The highest BCUT2D eigenvalue weighted by atomic mass is 16.5. The Morgan fingerprint density at radius 3 is 2.46 bits per heavy atom. The Morgan fingerprint density at radius 2 is 2.00 bits per heavy atom. The lowest BCUT2D eigenvalue weighted by molar-refractivity contribution is -0.120. The van der Waals surface area contributed by atoms with E-state index in [1.807, 2.05) is 6.92 Å². The highest BCUT2D eigenvalue weighted by Gasteiger charge is 2.09. The lowest BCUT2D eigenvalue weighted by Gasteiger charge is -2.10. The number of hydrogen-bond acceptors (Lipinski definition) is 2. The van der Waals surface area contributed by atoms with E-state index >= 15 is 0 Å². The van der Waals surface area contributed by atoms with Gasteiger partial charge < -0.3 is 4.74 Å². The highest BCUT2D eigenvalue weighted by molar-refractivity contribution is 5.78. The van der Waals surface area contributed by atoms with Crippen LogP contribution in [0.5, 0.6) is 0 Å². The van der Waals surface area contributed by atoms with Crippen LogP contribution in [-0.4, -0.2) is 19.0 Å². The lowest BCUT2D eigenvalue weighted by atomic mass is 9.99. The van der Waals surface area contributed by atoms with Gasteiger partial charge in [0, 0.05) is 20.0 Å². The Morgan fingerprint density at radius 1 is 1.38 bits per heavy atom. The molecule has 0 aliphatic heterocycles. The van der Waals surface area contributed by atoms with E-state index in [2.05, 4.69) is 13.8 Å². The number of carbonyl (C=O) groups excluding carboxylic acids is 1. The Bertz CT molecular complexity index is 143. The van der Waals surface area contributed by atoms with Crippen molar-refractivity contribution in [3.05, 3.63) is 0 Å². The van der Waals surface area contributed by atoms with E-state index in [0.717, 1.165) is 19.3 Å².